The molecule has 106 valence electrons. The number of rotatable bonds is 2. The molecule has 7 heteroatoms. The summed E-state index contributed by atoms with van der Waals surface area (Å²) in [6.45, 7) is 1.50. The molecule has 0 N–H and O–H groups in total. The topological polar surface area (TPSA) is 56.0 Å². The molecule has 0 atom stereocenters. The normalized spacial score (nSPS) is 16.6. The molecule has 2 aromatic heterocycles. The van der Waals surface area contributed by atoms with E-state index in [1.165, 1.54) is 0 Å². The minimum atomic E-state index is 0.0192. The summed E-state index contributed by atoms with van der Waals surface area (Å²) < 4.78 is 4.76. The van der Waals surface area contributed by atoms with Crippen LogP contribution in [0.3, 0.4) is 0 Å². The number of piperidine rings is 1. The van der Waals surface area contributed by atoms with Crippen LogP contribution in [0.1, 0.15) is 29.4 Å². The lowest BCUT2D eigenvalue weighted by Gasteiger charge is -2.31. The van der Waals surface area contributed by atoms with Crippen LogP contribution >= 0.6 is 15.9 Å². The van der Waals surface area contributed by atoms with E-state index in [0.717, 1.165) is 30.4 Å². The highest BCUT2D eigenvalue weighted by Crippen LogP contribution is 2.24. The summed E-state index contributed by atoms with van der Waals surface area (Å²) in [5, 5.41) is 4.32. The Bertz CT molecular complexity index is 612. The Morgan fingerprint density at radius 1 is 1.35 bits per heavy atom. The number of hydrogen-bond acceptors (Lipinski definition) is 3. The van der Waals surface area contributed by atoms with Crippen molar-refractivity contribution in [1.82, 2.24) is 24.2 Å². The van der Waals surface area contributed by atoms with E-state index in [-0.39, 0.29) is 5.91 Å². The molecule has 6 nitrogen and oxygen atoms in total. The summed E-state index contributed by atoms with van der Waals surface area (Å²) in [4.78, 5) is 18.3. The molecule has 2 aromatic rings. The smallest absolute Gasteiger partial charge is 0.274 e. The number of imidazole rings is 1. The summed E-state index contributed by atoms with van der Waals surface area (Å²) in [5.41, 5.74) is 0.521. The number of likely N-dealkylation sites (tertiary alicyclic amines) is 1. The molecule has 0 aliphatic carbocycles. The van der Waals surface area contributed by atoms with Gasteiger partial charge in [0.2, 0.25) is 0 Å². The zero-order chi connectivity index (χ0) is 14.1. The maximum atomic E-state index is 12.3. The molecule has 3 heterocycles. The number of aromatic nitrogens is 4. The van der Waals surface area contributed by atoms with Gasteiger partial charge in [0.25, 0.3) is 5.91 Å². The first-order valence-corrected chi connectivity index (χ1v) is 7.39. The van der Waals surface area contributed by atoms with Crippen molar-refractivity contribution in [3.63, 3.8) is 0 Å². The van der Waals surface area contributed by atoms with Gasteiger partial charge >= 0.3 is 0 Å². The lowest BCUT2D eigenvalue weighted by atomic mass is 10.1. The minimum absolute atomic E-state index is 0.0192. The van der Waals surface area contributed by atoms with E-state index in [4.69, 9.17) is 0 Å². The van der Waals surface area contributed by atoms with Crippen LogP contribution in [0.2, 0.25) is 0 Å². The predicted molar refractivity (Wildman–Crippen MR) is 77.3 cm³/mol. The number of carbonyl (C=O) groups is 1. The van der Waals surface area contributed by atoms with Crippen molar-refractivity contribution in [3.05, 3.63) is 35.1 Å². The van der Waals surface area contributed by atoms with Gasteiger partial charge in [0.05, 0.1) is 23.0 Å². The van der Waals surface area contributed by atoms with Gasteiger partial charge in [-0.1, -0.05) is 0 Å². The fraction of sp³-hybridized carbons (Fsp3) is 0.462. The molecule has 1 aliphatic rings. The molecule has 0 aromatic carbocycles. The summed E-state index contributed by atoms with van der Waals surface area (Å²) in [5.74, 6) is 0.0192. The molecule has 0 spiro atoms. The molecule has 3 rings (SSSR count). The zero-order valence-electron chi connectivity index (χ0n) is 11.2. The van der Waals surface area contributed by atoms with Crippen molar-refractivity contribution in [1.29, 1.82) is 0 Å². The summed E-state index contributed by atoms with van der Waals surface area (Å²) >= 11 is 3.41. The number of amides is 1. The van der Waals surface area contributed by atoms with Gasteiger partial charge in [0, 0.05) is 32.5 Å². The number of halogens is 1. The van der Waals surface area contributed by atoms with Crippen molar-refractivity contribution in [2.45, 2.75) is 18.9 Å². The highest BCUT2D eigenvalue weighted by molar-refractivity contribution is 9.10. The monoisotopic (exact) mass is 337 g/mol. The third-order valence-electron chi connectivity index (χ3n) is 3.62. The van der Waals surface area contributed by atoms with Gasteiger partial charge in [0.15, 0.2) is 0 Å². The summed E-state index contributed by atoms with van der Waals surface area (Å²) in [7, 11) is 1.87. The molecule has 20 heavy (non-hydrogen) atoms. The molecule has 1 fully saturated rings. The molecular weight excluding hydrogens is 322 g/mol. The van der Waals surface area contributed by atoms with E-state index < -0.39 is 0 Å². The number of nitrogens with zero attached hydrogens (tertiary/aromatic N) is 5. The van der Waals surface area contributed by atoms with Crippen molar-refractivity contribution in [2.24, 2.45) is 7.05 Å². The average molecular weight is 338 g/mol. The van der Waals surface area contributed by atoms with E-state index >= 15 is 0 Å². The molecule has 1 saturated heterocycles. The highest BCUT2D eigenvalue weighted by atomic mass is 79.9. The largest absolute Gasteiger partial charge is 0.340 e. The first-order chi connectivity index (χ1) is 9.63. The van der Waals surface area contributed by atoms with Gasteiger partial charge in [-0.15, -0.1) is 0 Å². The predicted octanol–water partition coefficient (Wildman–Crippen LogP) is 1.86. The van der Waals surface area contributed by atoms with Crippen LogP contribution in [-0.4, -0.2) is 43.2 Å². The fourth-order valence-corrected chi connectivity index (χ4v) is 2.83. The highest BCUT2D eigenvalue weighted by Gasteiger charge is 2.25. The van der Waals surface area contributed by atoms with Crippen LogP contribution < -0.4 is 0 Å². The lowest BCUT2D eigenvalue weighted by molar-refractivity contribution is 0.0684. The third kappa shape index (κ3) is 2.63. The second-order valence-electron chi connectivity index (χ2n) is 5.09. The maximum Gasteiger partial charge on any atom is 0.274 e. The van der Waals surface area contributed by atoms with E-state index in [1.54, 1.807) is 23.3 Å². The number of aryl methyl sites for hydroxylation is 1. The van der Waals surface area contributed by atoms with Crippen LogP contribution in [-0.2, 0) is 7.05 Å². The summed E-state index contributed by atoms with van der Waals surface area (Å²) in [6, 6.07) is 0.370. The molecular formula is C13H16BrN5O. The number of carbonyl (C=O) groups excluding carboxylic acids is 1. The molecule has 0 bridgehead atoms. The van der Waals surface area contributed by atoms with Gasteiger partial charge < -0.3 is 9.47 Å². The van der Waals surface area contributed by atoms with Crippen LogP contribution in [0.5, 0.6) is 0 Å². The van der Waals surface area contributed by atoms with Gasteiger partial charge in [-0.05, 0) is 28.8 Å². The van der Waals surface area contributed by atoms with Crippen LogP contribution in [0.15, 0.2) is 29.4 Å². The van der Waals surface area contributed by atoms with Gasteiger partial charge in [-0.25, -0.2) is 4.98 Å². The Morgan fingerprint density at radius 3 is 2.65 bits per heavy atom. The van der Waals surface area contributed by atoms with Gasteiger partial charge in [-0.3, -0.25) is 9.48 Å². The standard InChI is InChI=1S/C13H16BrN5O/c1-17-8-12(15-9-17)13(20)18-4-2-11(3-5-18)19-7-10(14)6-16-19/h6-9,11H,2-5H2,1H3. The molecule has 0 radical (unpaired) electrons. The van der Waals surface area contributed by atoms with Crippen molar-refractivity contribution < 1.29 is 4.79 Å². The average Bonchev–Trinajstić information content (AvgIpc) is 3.07. The Morgan fingerprint density at radius 2 is 2.10 bits per heavy atom. The zero-order valence-corrected chi connectivity index (χ0v) is 12.8. The molecule has 0 saturated carbocycles. The second-order valence-corrected chi connectivity index (χ2v) is 6.00. The number of hydrogen-bond donors (Lipinski definition) is 0. The SMILES string of the molecule is Cn1cnc(C(=O)N2CCC(n3cc(Br)cn3)CC2)c1. The second kappa shape index (κ2) is 5.40. The maximum absolute atomic E-state index is 12.3. The Hall–Kier alpha value is -1.63. The van der Waals surface area contributed by atoms with Crippen molar-refractivity contribution in [3.8, 4) is 0 Å². The van der Waals surface area contributed by atoms with E-state index in [9.17, 15) is 4.79 Å². The summed E-state index contributed by atoms with van der Waals surface area (Å²) in [6.07, 6.45) is 9.05. The fourth-order valence-electron chi connectivity index (χ4n) is 2.53. The first-order valence-electron chi connectivity index (χ1n) is 6.60. The Kier molecular flexibility index (Phi) is 3.60. The Balaban J connectivity index is 1.62. The van der Waals surface area contributed by atoms with Crippen molar-refractivity contribution >= 4 is 21.8 Å². The van der Waals surface area contributed by atoms with Gasteiger partial charge in [0.1, 0.15) is 5.69 Å². The third-order valence-corrected chi connectivity index (χ3v) is 4.03. The van der Waals surface area contributed by atoms with Gasteiger partial charge in [-0.2, -0.15) is 5.10 Å². The van der Waals surface area contributed by atoms with Crippen LogP contribution in [0.4, 0.5) is 0 Å². The van der Waals surface area contributed by atoms with E-state index in [1.807, 2.05) is 22.8 Å². The van der Waals surface area contributed by atoms with Crippen molar-refractivity contribution in [2.75, 3.05) is 13.1 Å². The molecule has 0 unspecified atom stereocenters. The lowest BCUT2D eigenvalue weighted by Crippen LogP contribution is -2.39. The van der Waals surface area contributed by atoms with Crippen LogP contribution in [0.25, 0.3) is 0 Å². The Labute approximate surface area is 125 Å². The van der Waals surface area contributed by atoms with Crippen LogP contribution in [0, 0.1) is 0 Å². The van der Waals surface area contributed by atoms with E-state index in [2.05, 4.69) is 26.0 Å². The molecule has 1 aliphatic heterocycles. The first kappa shape index (κ1) is 13.4. The quantitative estimate of drug-likeness (QED) is 0.840. The molecule has 1 amide bonds. The minimum Gasteiger partial charge on any atom is -0.340 e. The van der Waals surface area contributed by atoms with E-state index in [0.29, 0.717) is 11.7 Å².